The van der Waals surface area contributed by atoms with Gasteiger partial charge in [0, 0.05) is 16.5 Å². The first-order chi connectivity index (χ1) is 9.93. The molecular formula is C15H12BrCl2NO2. The van der Waals surface area contributed by atoms with Gasteiger partial charge in [-0.25, -0.2) is 0 Å². The van der Waals surface area contributed by atoms with E-state index in [1.165, 1.54) is 12.0 Å². The number of hydrogen-bond donors (Lipinski definition) is 0. The Morgan fingerprint density at radius 2 is 1.90 bits per heavy atom. The first kappa shape index (κ1) is 16.1. The van der Waals surface area contributed by atoms with Gasteiger partial charge in [0.25, 0.3) is 5.91 Å². The largest absolute Gasteiger partial charge is 0.496 e. The molecule has 0 heterocycles. The van der Waals surface area contributed by atoms with Gasteiger partial charge >= 0.3 is 0 Å². The number of ether oxygens (including phenoxy) is 1. The predicted octanol–water partition coefficient (Wildman–Crippen LogP) is 5.04. The SMILES string of the molecule is COc1ccc(Cl)cc1C(=O)N(C)c1ccc(Br)cc1Cl. The molecule has 3 nitrogen and oxygen atoms in total. The zero-order chi connectivity index (χ0) is 15.6. The summed E-state index contributed by atoms with van der Waals surface area (Å²) < 4.78 is 6.06. The Hall–Kier alpha value is -1.23. The van der Waals surface area contributed by atoms with E-state index in [4.69, 9.17) is 27.9 Å². The Morgan fingerprint density at radius 1 is 1.19 bits per heavy atom. The predicted molar refractivity (Wildman–Crippen MR) is 89.9 cm³/mol. The van der Waals surface area contributed by atoms with Crippen LogP contribution in [0.4, 0.5) is 5.69 Å². The third-order valence-electron chi connectivity index (χ3n) is 2.97. The molecule has 0 atom stereocenters. The van der Waals surface area contributed by atoms with Crippen molar-refractivity contribution < 1.29 is 9.53 Å². The van der Waals surface area contributed by atoms with Gasteiger partial charge in [-0.05, 0) is 36.4 Å². The van der Waals surface area contributed by atoms with E-state index in [1.807, 2.05) is 6.07 Å². The zero-order valence-corrected chi connectivity index (χ0v) is 14.5. The number of halogens is 3. The van der Waals surface area contributed by atoms with Crippen molar-refractivity contribution in [1.29, 1.82) is 0 Å². The number of carbonyl (C=O) groups is 1. The molecular weight excluding hydrogens is 377 g/mol. The van der Waals surface area contributed by atoms with Gasteiger partial charge in [-0.15, -0.1) is 0 Å². The highest BCUT2D eigenvalue weighted by Crippen LogP contribution is 2.31. The Kier molecular flexibility index (Phi) is 5.14. The molecule has 0 radical (unpaired) electrons. The molecule has 0 N–H and O–H groups in total. The summed E-state index contributed by atoms with van der Waals surface area (Å²) in [5, 5.41) is 0.940. The fourth-order valence-corrected chi connectivity index (χ4v) is 2.86. The number of nitrogens with zero attached hydrogens (tertiary/aromatic N) is 1. The molecule has 2 aromatic rings. The highest BCUT2D eigenvalue weighted by Gasteiger charge is 2.20. The van der Waals surface area contributed by atoms with Crippen LogP contribution in [0.2, 0.25) is 10.0 Å². The van der Waals surface area contributed by atoms with Crippen molar-refractivity contribution in [1.82, 2.24) is 0 Å². The normalized spacial score (nSPS) is 10.3. The Balaban J connectivity index is 2.41. The van der Waals surface area contributed by atoms with E-state index in [-0.39, 0.29) is 5.91 Å². The zero-order valence-electron chi connectivity index (χ0n) is 11.4. The van der Waals surface area contributed by atoms with E-state index in [1.54, 1.807) is 37.4 Å². The highest BCUT2D eigenvalue weighted by atomic mass is 79.9. The molecule has 0 unspecified atom stereocenters. The van der Waals surface area contributed by atoms with E-state index in [0.29, 0.717) is 27.0 Å². The van der Waals surface area contributed by atoms with Crippen LogP contribution in [0.25, 0.3) is 0 Å². The van der Waals surface area contributed by atoms with Crippen molar-refractivity contribution >= 4 is 50.7 Å². The average Bonchev–Trinajstić information content (AvgIpc) is 2.45. The second-order valence-electron chi connectivity index (χ2n) is 4.30. The van der Waals surface area contributed by atoms with Gasteiger partial charge in [-0.3, -0.25) is 4.79 Å². The molecule has 0 bridgehead atoms. The summed E-state index contributed by atoms with van der Waals surface area (Å²) in [7, 11) is 3.16. The molecule has 2 rings (SSSR count). The molecule has 0 saturated heterocycles. The van der Waals surface area contributed by atoms with Crippen LogP contribution < -0.4 is 9.64 Å². The van der Waals surface area contributed by atoms with Crippen LogP contribution >= 0.6 is 39.1 Å². The molecule has 0 aliphatic rings. The monoisotopic (exact) mass is 387 g/mol. The van der Waals surface area contributed by atoms with Gasteiger partial charge in [-0.2, -0.15) is 0 Å². The van der Waals surface area contributed by atoms with Crippen LogP contribution in [0, 0.1) is 0 Å². The lowest BCUT2D eigenvalue weighted by Gasteiger charge is -2.20. The minimum absolute atomic E-state index is 0.251. The third-order valence-corrected chi connectivity index (χ3v) is 4.00. The minimum atomic E-state index is -0.251. The fraction of sp³-hybridized carbons (Fsp3) is 0.133. The summed E-state index contributed by atoms with van der Waals surface area (Å²) in [6.45, 7) is 0. The van der Waals surface area contributed by atoms with Crippen LogP contribution in [0.5, 0.6) is 5.75 Å². The Labute approximate surface area is 141 Å². The smallest absolute Gasteiger partial charge is 0.261 e. The van der Waals surface area contributed by atoms with E-state index >= 15 is 0 Å². The molecule has 0 fully saturated rings. The number of amides is 1. The Bertz CT molecular complexity index is 691. The number of benzene rings is 2. The number of anilines is 1. The summed E-state index contributed by atoms with van der Waals surface area (Å²) in [5.41, 5.74) is 0.985. The lowest BCUT2D eigenvalue weighted by atomic mass is 10.1. The van der Waals surface area contributed by atoms with Crippen LogP contribution in [0.3, 0.4) is 0 Å². The number of hydrogen-bond acceptors (Lipinski definition) is 2. The van der Waals surface area contributed by atoms with Gasteiger partial charge in [0.05, 0.1) is 23.4 Å². The van der Waals surface area contributed by atoms with E-state index in [2.05, 4.69) is 15.9 Å². The summed E-state index contributed by atoms with van der Waals surface area (Å²) in [6.07, 6.45) is 0. The topological polar surface area (TPSA) is 29.5 Å². The maximum atomic E-state index is 12.6. The van der Waals surface area contributed by atoms with Gasteiger partial charge in [0.2, 0.25) is 0 Å². The third kappa shape index (κ3) is 3.51. The lowest BCUT2D eigenvalue weighted by Crippen LogP contribution is -2.27. The minimum Gasteiger partial charge on any atom is -0.496 e. The van der Waals surface area contributed by atoms with Crippen LogP contribution in [0.1, 0.15) is 10.4 Å². The van der Waals surface area contributed by atoms with Crippen molar-refractivity contribution in [2.75, 3.05) is 19.1 Å². The molecule has 0 spiro atoms. The van der Waals surface area contributed by atoms with Crippen molar-refractivity contribution in [3.8, 4) is 5.75 Å². The van der Waals surface area contributed by atoms with E-state index in [9.17, 15) is 4.79 Å². The molecule has 0 saturated carbocycles. The maximum Gasteiger partial charge on any atom is 0.261 e. The average molecular weight is 389 g/mol. The fourth-order valence-electron chi connectivity index (χ4n) is 1.89. The first-order valence-corrected chi connectivity index (χ1v) is 7.55. The van der Waals surface area contributed by atoms with E-state index < -0.39 is 0 Å². The van der Waals surface area contributed by atoms with Crippen LogP contribution in [-0.4, -0.2) is 20.1 Å². The van der Waals surface area contributed by atoms with Crippen molar-refractivity contribution in [2.24, 2.45) is 0 Å². The molecule has 0 aromatic heterocycles. The van der Waals surface area contributed by atoms with Gasteiger partial charge < -0.3 is 9.64 Å². The molecule has 2 aromatic carbocycles. The second-order valence-corrected chi connectivity index (χ2v) is 6.06. The molecule has 110 valence electrons. The first-order valence-electron chi connectivity index (χ1n) is 6.00. The van der Waals surface area contributed by atoms with Crippen molar-refractivity contribution in [3.63, 3.8) is 0 Å². The molecule has 0 aliphatic carbocycles. The Morgan fingerprint density at radius 3 is 2.52 bits per heavy atom. The summed E-state index contributed by atoms with van der Waals surface area (Å²) >= 11 is 15.5. The lowest BCUT2D eigenvalue weighted by molar-refractivity contribution is 0.0990. The quantitative estimate of drug-likeness (QED) is 0.736. The number of carbonyl (C=O) groups excluding carboxylic acids is 1. The highest BCUT2D eigenvalue weighted by molar-refractivity contribution is 9.10. The van der Waals surface area contributed by atoms with Gasteiger partial charge in [0.1, 0.15) is 5.75 Å². The standard InChI is InChI=1S/C15H12BrCl2NO2/c1-19(13-5-3-9(16)7-12(13)18)15(20)11-8-10(17)4-6-14(11)21-2/h3-8H,1-2H3. The number of rotatable bonds is 3. The van der Waals surface area contributed by atoms with Crippen LogP contribution in [0.15, 0.2) is 40.9 Å². The van der Waals surface area contributed by atoms with Gasteiger partial charge in [-0.1, -0.05) is 39.1 Å². The molecule has 21 heavy (non-hydrogen) atoms. The van der Waals surface area contributed by atoms with E-state index in [0.717, 1.165) is 4.47 Å². The second kappa shape index (κ2) is 6.69. The van der Waals surface area contributed by atoms with Crippen LogP contribution in [-0.2, 0) is 0 Å². The van der Waals surface area contributed by atoms with Crippen molar-refractivity contribution in [3.05, 3.63) is 56.5 Å². The van der Waals surface area contributed by atoms with Crippen molar-refractivity contribution in [2.45, 2.75) is 0 Å². The summed E-state index contributed by atoms with van der Waals surface area (Å²) in [6, 6.07) is 10.2. The maximum absolute atomic E-state index is 12.6. The number of methoxy groups -OCH3 is 1. The molecule has 1 amide bonds. The summed E-state index contributed by atoms with van der Waals surface area (Å²) in [4.78, 5) is 14.1. The molecule has 0 aliphatic heterocycles. The summed E-state index contributed by atoms with van der Waals surface area (Å²) in [5.74, 6) is 0.211. The molecule has 6 heteroatoms. The van der Waals surface area contributed by atoms with Gasteiger partial charge in [0.15, 0.2) is 0 Å².